The fourth-order valence-electron chi connectivity index (χ4n) is 3.56. The summed E-state index contributed by atoms with van der Waals surface area (Å²) in [6.45, 7) is 0. The molecular formula is C20H12F3N5O3. The number of hydrogen-bond acceptors (Lipinski definition) is 6. The molecule has 2 aromatic carbocycles. The van der Waals surface area contributed by atoms with E-state index in [1.54, 1.807) is 0 Å². The lowest BCUT2D eigenvalue weighted by Crippen LogP contribution is -2.23. The molecule has 1 aromatic heterocycles. The van der Waals surface area contributed by atoms with Crippen molar-refractivity contribution in [3.63, 3.8) is 0 Å². The molecule has 1 aliphatic rings. The zero-order chi connectivity index (χ0) is 22.3. The molecule has 31 heavy (non-hydrogen) atoms. The van der Waals surface area contributed by atoms with Crippen molar-refractivity contribution in [2.75, 3.05) is 0 Å². The van der Waals surface area contributed by atoms with E-state index in [-0.39, 0.29) is 39.8 Å². The summed E-state index contributed by atoms with van der Waals surface area (Å²) in [6.07, 6.45) is -4.69. The molecule has 0 fully saturated rings. The lowest BCUT2D eigenvalue weighted by molar-refractivity contribution is -0.384. The van der Waals surface area contributed by atoms with Crippen molar-refractivity contribution < 1.29 is 22.8 Å². The summed E-state index contributed by atoms with van der Waals surface area (Å²) in [5, 5.41) is 27.4. The lowest BCUT2D eigenvalue weighted by Gasteiger charge is -2.26. The Bertz CT molecular complexity index is 1270. The van der Waals surface area contributed by atoms with E-state index in [0.29, 0.717) is 5.56 Å². The fourth-order valence-corrected chi connectivity index (χ4v) is 3.56. The van der Waals surface area contributed by atoms with Crippen LogP contribution >= 0.6 is 0 Å². The number of aromatic nitrogens is 2. The minimum absolute atomic E-state index is 0.111. The third-order valence-corrected chi connectivity index (χ3v) is 4.86. The van der Waals surface area contributed by atoms with Gasteiger partial charge in [-0.3, -0.25) is 15.2 Å². The number of nitrogens with zero attached hydrogens (tertiary/aromatic N) is 3. The number of non-ortho nitro benzene ring substituents is 1. The zero-order valence-electron chi connectivity index (χ0n) is 15.5. The van der Waals surface area contributed by atoms with Gasteiger partial charge < -0.3 is 10.5 Å². The molecule has 3 aromatic rings. The number of hydrogen-bond donors (Lipinski definition) is 2. The number of ether oxygens (including phenoxy) is 1. The van der Waals surface area contributed by atoms with Gasteiger partial charge in [-0.25, -0.2) is 0 Å². The molecule has 1 atom stereocenters. The van der Waals surface area contributed by atoms with Gasteiger partial charge >= 0.3 is 6.18 Å². The third kappa shape index (κ3) is 3.33. The Kier molecular flexibility index (Phi) is 4.62. The van der Waals surface area contributed by atoms with E-state index in [2.05, 4.69) is 10.2 Å². The van der Waals surface area contributed by atoms with Gasteiger partial charge in [-0.15, -0.1) is 5.10 Å². The topological polar surface area (TPSA) is 131 Å². The monoisotopic (exact) mass is 427 g/mol. The van der Waals surface area contributed by atoms with Crippen LogP contribution in [0.5, 0.6) is 5.88 Å². The van der Waals surface area contributed by atoms with Crippen molar-refractivity contribution in [3.05, 3.63) is 86.8 Å². The second kappa shape index (κ2) is 7.17. The summed E-state index contributed by atoms with van der Waals surface area (Å²) in [5.41, 5.74) is 4.81. The predicted molar refractivity (Wildman–Crippen MR) is 101 cm³/mol. The normalized spacial score (nSPS) is 15.7. The molecule has 0 saturated heterocycles. The van der Waals surface area contributed by atoms with Crippen molar-refractivity contribution in [1.82, 2.24) is 10.2 Å². The predicted octanol–water partition coefficient (Wildman–Crippen LogP) is 4.22. The summed E-state index contributed by atoms with van der Waals surface area (Å²) in [5.74, 6) is -1.73. The van der Waals surface area contributed by atoms with Crippen molar-refractivity contribution in [2.45, 2.75) is 12.1 Å². The van der Waals surface area contributed by atoms with E-state index in [0.717, 1.165) is 6.07 Å². The number of allylic oxidation sites excluding steroid dienone is 1. The Hall–Kier alpha value is -4.33. The number of H-pyrrole nitrogens is 1. The van der Waals surface area contributed by atoms with E-state index >= 15 is 0 Å². The second-order valence-electron chi connectivity index (χ2n) is 6.63. The van der Waals surface area contributed by atoms with Crippen LogP contribution in [0, 0.1) is 21.4 Å². The molecule has 1 aliphatic heterocycles. The van der Waals surface area contributed by atoms with Crippen molar-refractivity contribution in [1.29, 1.82) is 5.26 Å². The molecular weight excluding hydrogens is 415 g/mol. The first-order chi connectivity index (χ1) is 14.7. The van der Waals surface area contributed by atoms with Gasteiger partial charge in [0.05, 0.1) is 27.7 Å². The van der Waals surface area contributed by atoms with Crippen LogP contribution in [0.4, 0.5) is 18.9 Å². The number of fused-ring (bicyclic) bond motifs is 1. The van der Waals surface area contributed by atoms with E-state index in [1.807, 2.05) is 6.07 Å². The number of alkyl halides is 3. The lowest BCUT2D eigenvalue weighted by atomic mass is 9.81. The van der Waals surface area contributed by atoms with E-state index in [4.69, 9.17) is 10.5 Å². The number of nitriles is 1. The maximum absolute atomic E-state index is 13.7. The SMILES string of the molecule is N#CC1=C(N)Oc2n[nH]c(-c3cccc([N+](=O)[O-])c3)c2[C@@H]1c1ccccc1C(F)(F)F. The van der Waals surface area contributed by atoms with Crippen LogP contribution in [0.1, 0.15) is 22.6 Å². The molecule has 0 spiro atoms. The first-order valence-electron chi connectivity index (χ1n) is 8.79. The van der Waals surface area contributed by atoms with Crippen LogP contribution in [0.2, 0.25) is 0 Å². The molecule has 156 valence electrons. The average Bonchev–Trinajstić information content (AvgIpc) is 3.15. The zero-order valence-corrected chi connectivity index (χ0v) is 15.5. The summed E-state index contributed by atoms with van der Waals surface area (Å²) >= 11 is 0. The maximum atomic E-state index is 13.7. The summed E-state index contributed by atoms with van der Waals surface area (Å²) in [4.78, 5) is 10.6. The largest absolute Gasteiger partial charge is 0.420 e. The van der Waals surface area contributed by atoms with Gasteiger partial charge in [0.25, 0.3) is 5.69 Å². The van der Waals surface area contributed by atoms with Gasteiger partial charge in [0.15, 0.2) is 0 Å². The van der Waals surface area contributed by atoms with Gasteiger partial charge in [-0.1, -0.05) is 30.3 Å². The number of benzene rings is 2. The number of aromatic amines is 1. The number of halogens is 3. The third-order valence-electron chi connectivity index (χ3n) is 4.86. The molecule has 0 radical (unpaired) electrons. The fraction of sp³-hybridized carbons (Fsp3) is 0.100. The molecule has 0 aliphatic carbocycles. The molecule has 4 rings (SSSR count). The van der Waals surface area contributed by atoms with E-state index in [9.17, 15) is 28.5 Å². The molecule has 2 heterocycles. The van der Waals surface area contributed by atoms with Crippen LogP contribution in [0.15, 0.2) is 60.0 Å². The first-order valence-corrected chi connectivity index (χ1v) is 8.79. The number of nitrogens with one attached hydrogen (secondary N) is 1. The number of nitro groups is 1. The van der Waals surface area contributed by atoms with Gasteiger partial charge in [-0.05, 0) is 11.6 Å². The molecule has 0 unspecified atom stereocenters. The summed E-state index contributed by atoms with van der Waals surface area (Å²) in [6, 6.07) is 12.1. The van der Waals surface area contributed by atoms with Crippen LogP contribution in [-0.2, 0) is 6.18 Å². The number of nitrogens with two attached hydrogens (primary N) is 1. The van der Waals surface area contributed by atoms with Gasteiger partial charge in [0.1, 0.15) is 11.6 Å². The van der Waals surface area contributed by atoms with Crippen LogP contribution in [-0.4, -0.2) is 15.1 Å². The van der Waals surface area contributed by atoms with Crippen LogP contribution in [0.3, 0.4) is 0 Å². The number of nitro benzene ring substituents is 1. The average molecular weight is 427 g/mol. The molecule has 0 amide bonds. The Morgan fingerprint density at radius 1 is 1.23 bits per heavy atom. The molecule has 8 nitrogen and oxygen atoms in total. The molecule has 3 N–H and O–H groups in total. The highest BCUT2D eigenvalue weighted by molar-refractivity contribution is 5.72. The maximum Gasteiger partial charge on any atom is 0.416 e. The van der Waals surface area contributed by atoms with Gasteiger partial charge in [0, 0.05) is 17.7 Å². The number of rotatable bonds is 3. The highest BCUT2D eigenvalue weighted by Crippen LogP contribution is 2.48. The van der Waals surface area contributed by atoms with E-state index in [1.165, 1.54) is 42.5 Å². The summed E-state index contributed by atoms with van der Waals surface area (Å²) in [7, 11) is 0. The van der Waals surface area contributed by atoms with Crippen LogP contribution in [0.25, 0.3) is 11.3 Å². The Morgan fingerprint density at radius 3 is 2.65 bits per heavy atom. The van der Waals surface area contributed by atoms with Crippen molar-refractivity contribution in [2.24, 2.45) is 5.73 Å². The minimum atomic E-state index is -4.69. The first kappa shape index (κ1) is 20.0. The molecule has 0 saturated carbocycles. The highest BCUT2D eigenvalue weighted by Gasteiger charge is 2.41. The van der Waals surface area contributed by atoms with Crippen LogP contribution < -0.4 is 10.5 Å². The van der Waals surface area contributed by atoms with Crippen molar-refractivity contribution >= 4 is 5.69 Å². The second-order valence-corrected chi connectivity index (χ2v) is 6.63. The summed E-state index contributed by atoms with van der Waals surface area (Å²) < 4.78 is 46.6. The Morgan fingerprint density at radius 2 is 1.97 bits per heavy atom. The smallest absolute Gasteiger partial charge is 0.416 e. The minimum Gasteiger partial charge on any atom is -0.420 e. The van der Waals surface area contributed by atoms with Gasteiger partial charge in [0.2, 0.25) is 11.8 Å². The molecule has 0 bridgehead atoms. The quantitative estimate of drug-likeness (QED) is 0.475. The molecule has 11 heteroatoms. The highest BCUT2D eigenvalue weighted by atomic mass is 19.4. The Labute approximate surface area is 172 Å². The Balaban J connectivity index is 2.00. The standard InChI is InChI=1S/C20H12F3N5O3/c21-20(22,23)14-7-2-1-6-12(14)15-13(9-24)18(25)31-19-16(15)17(26-27-19)10-4-3-5-11(8-10)28(29)30/h1-8,15H,25H2,(H,26,27)/t15-/m1/s1. The van der Waals surface area contributed by atoms with Gasteiger partial charge in [-0.2, -0.15) is 18.4 Å². The van der Waals surface area contributed by atoms with Crippen molar-refractivity contribution in [3.8, 4) is 23.2 Å². The van der Waals surface area contributed by atoms with E-state index < -0.39 is 22.6 Å².